The summed E-state index contributed by atoms with van der Waals surface area (Å²) in [6.45, 7) is 4.98. The molecule has 0 bridgehead atoms. The van der Waals surface area contributed by atoms with E-state index in [1.807, 2.05) is 11.0 Å². The molecule has 0 spiro atoms. The number of aryl methyl sites for hydroxylation is 2. The number of fused-ring (bicyclic) bond motifs is 2. The van der Waals surface area contributed by atoms with Gasteiger partial charge in [-0.05, 0) is 84.9 Å². The molecule has 1 aliphatic carbocycles. The molecular weight excluding hydrogens is 524 g/mol. The van der Waals surface area contributed by atoms with E-state index in [1.165, 1.54) is 5.56 Å². The van der Waals surface area contributed by atoms with Crippen LogP contribution in [-0.2, 0) is 36.1 Å². The topological polar surface area (TPSA) is 70.5 Å². The molecule has 1 aromatic heterocycles. The monoisotopic (exact) mass is 561 g/mol. The first-order chi connectivity index (χ1) is 19.7. The van der Waals surface area contributed by atoms with E-state index in [-0.39, 0.29) is 23.4 Å². The predicted molar refractivity (Wildman–Crippen MR) is 154 cm³/mol. The molecule has 2 amide bonds. The predicted octanol–water partition coefficient (Wildman–Crippen LogP) is 6.13. The van der Waals surface area contributed by atoms with Crippen molar-refractivity contribution < 1.29 is 18.4 Å². The van der Waals surface area contributed by atoms with E-state index in [0.717, 1.165) is 73.1 Å². The van der Waals surface area contributed by atoms with E-state index in [2.05, 4.69) is 27.4 Å². The number of hydrogen-bond acceptors (Lipinski definition) is 4. The fourth-order valence-electron chi connectivity index (χ4n) is 6.96. The number of amides is 2. The van der Waals surface area contributed by atoms with E-state index < -0.39 is 6.43 Å². The summed E-state index contributed by atoms with van der Waals surface area (Å²) in [5.41, 5.74) is 7.63. The Morgan fingerprint density at radius 2 is 1.78 bits per heavy atom. The Balaban J connectivity index is 1.41. The Bertz CT molecular complexity index is 1490. The lowest BCUT2D eigenvalue weighted by Gasteiger charge is -2.35. The Morgan fingerprint density at radius 1 is 1.00 bits per heavy atom. The molecular formula is C32H37F2N5O2. The minimum absolute atomic E-state index is 0.0104. The Hall–Kier alpha value is -3.75. The molecule has 1 saturated carbocycles. The van der Waals surface area contributed by atoms with Crippen molar-refractivity contribution in [2.24, 2.45) is 7.05 Å². The average molecular weight is 562 g/mol. The van der Waals surface area contributed by atoms with E-state index in [0.29, 0.717) is 30.1 Å². The summed E-state index contributed by atoms with van der Waals surface area (Å²) in [6.07, 6.45) is 6.32. The van der Waals surface area contributed by atoms with Crippen LogP contribution >= 0.6 is 0 Å². The van der Waals surface area contributed by atoms with Crippen LogP contribution in [0.1, 0.15) is 86.1 Å². The zero-order chi connectivity index (χ0) is 28.8. The quantitative estimate of drug-likeness (QED) is 0.407. The highest BCUT2D eigenvalue weighted by molar-refractivity contribution is 5.80. The number of nitrogens with zero attached hydrogens (tertiary/aromatic N) is 4. The van der Waals surface area contributed by atoms with Crippen molar-refractivity contribution in [3.63, 3.8) is 0 Å². The second-order valence-electron chi connectivity index (χ2n) is 11.8. The third-order valence-corrected chi connectivity index (χ3v) is 9.01. The number of anilines is 2. The summed E-state index contributed by atoms with van der Waals surface area (Å²) in [7, 11) is 1.79. The molecule has 0 radical (unpaired) electrons. The molecule has 3 aromatic rings. The highest BCUT2D eigenvalue weighted by Crippen LogP contribution is 2.45. The van der Waals surface area contributed by atoms with Crippen LogP contribution in [0.3, 0.4) is 0 Å². The van der Waals surface area contributed by atoms with Gasteiger partial charge < -0.3 is 15.1 Å². The minimum atomic E-state index is -2.62. The van der Waals surface area contributed by atoms with Gasteiger partial charge in [0.25, 0.3) is 6.43 Å². The Kier molecular flexibility index (Phi) is 7.30. The van der Waals surface area contributed by atoms with E-state index in [9.17, 15) is 18.4 Å². The minimum Gasteiger partial charge on any atom is -0.354 e. The van der Waals surface area contributed by atoms with Crippen LogP contribution in [0, 0.1) is 0 Å². The van der Waals surface area contributed by atoms with Crippen LogP contribution in [-0.4, -0.2) is 39.1 Å². The summed E-state index contributed by atoms with van der Waals surface area (Å²) in [4.78, 5) is 28.0. The summed E-state index contributed by atoms with van der Waals surface area (Å²) < 4.78 is 30.6. The first-order valence-electron chi connectivity index (χ1n) is 14.6. The number of benzene rings is 2. The zero-order valence-corrected chi connectivity index (χ0v) is 23.9. The lowest BCUT2D eigenvalue weighted by Crippen LogP contribution is -2.35. The average Bonchev–Trinajstić information content (AvgIpc) is 3.58. The van der Waals surface area contributed by atoms with Crippen molar-refractivity contribution in [1.82, 2.24) is 20.0 Å². The number of carbonyl (C=O) groups is 2. The van der Waals surface area contributed by atoms with Crippen LogP contribution in [0.4, 0.5) is 20.2 Å². The van der Waals surface area contributed by atoms with Crippen LogP contribution in [0.5, 0.6) is 0 Å². The molecule has 0 atom stereocenters. The second kappa shape index (κ2) is 10.9. The van der Waals surface area contributed by atoms with Gasteiger partial charge >= 0.3 is 0 Å². The largest absolute Gasteiger partial charge is 0.354 e. The molecule has 3 heterocycles. The van der Waals surface area contributed by atoms with E-state index in [1.54, 1.807) is 44.0 Å². The van der Waals surface area contributed by atoms with Crippen LogP contribution in [0.15, 0.2) is 36.7 Å². The Labute approximate surface area is 239 Å². The molecule has 7 nitrogen and oxygen atoms in total. The first kappa shape index (κ1) is 27.4. The van der Waals surface area contributed by atoms with Gasteiger partial charge in [-0.25, -0.2) is 8.78 Å². The maximum atomic E-state index is 14.5. The summed E-state index contributed by atoms with van der Waals surface area (Å²) in [5, 5.41) is 7.27. The number of rotatable bonds is 5. The molecule has 0 saturated heterocycles. The molecule has 3 aliphatic rings. The molecule has 6 rings (SSSR count). The molecule has 216 valence electrons. The van der Waals surface area contributed by atoms with E-state index >= 15 is 0 Å². The van der Waals surface area contributed by atoms with Gasteiger partial charge in [-0.3, -0.25) is 14.3 Å². The van der Waals surface area contributed by atoms with Crippen molar-refractivity contribution in [2.45, 2.75) is 83.8 Å². The third-order valence-electron chi connectivity index (χ3n) is 9.01. The Morgan fingerprint density at radius 3 is 2.44 bits per heavy atom. The highest BCUT2D eigenvalue weighted by Gasteiger charge is 2.32. The normalized spacial score (nSPS) is 20.2. The van der Waals surface area contributed by atoms with Crippen molar-refractivity contribution in [1.29, 1.82) is 0 Å². The van der Waals surface area contributed by atoms with Crippen molar-refractivity contribution in [3.8, 4) is 11.1 Å². The molecule has 41 heavy (non-hydrogen) atoms. The molecule has 9 heteroatoms. The second-order valence-corrected chi connectivity index (χ2v) is 11.8. The molecule has 2 aromatic carbocycles. The number of hydrogen-bond donors (Lipinski definition) is 1. The van der Waals surface area contributed by atoms with Crippen LogP contribution < -0.4 is 10.2 Å². The number of alkyl halides is 2. The number of nitrogens with one attached hydrogen (secondary N) is 1. The van der Waals surface area contributed by atoms with Gasteiger partial charge in [0, 0.05) is 80.8 Å². The first-order valence-corrected chi connectivity index (χ1v) is 14.6. The summed E-state index contributed by atoms with van der Waals surface area (Å²) in [5.74, 6) is 0.394. The lowest BCUT2D eigenvalue weighted by molar-refractivity contribution is -0.129. The molecule has 0 unspecified atom stereocenters. The highest BCUT2D eigenvalue weighted by atomic mass is 19.3. The van der Waals surface area contributed by atoms with Crippen molar-refractivity contribution in [2.75, 3.05) is 11.4 Å². The molecule has 1 fully saturated rings. The van der Waals surface area contributed by atoms with Gasteiger partial charge in [-0.2, -0.15) is 5.10 Å². The molecule has 2 aliphatic heterocycles. The van der Waals surface area contributed by atoms with Gasteiger partial charge in [-0.1, -0.05) is 6.07 Å². The van der Waals surface area contributed by atoms with Crippen LogP contribution in [0.25, 0.3) is 11.1 Å². The smallest absolute Gasteiger partial charge is 0.264 e. The van der Waals surface area contributed by atoms with Gasteiger partial charge in [-0.15, -0.1) is 0 Å². The lowest BCUT2D eigenvalue weighted by atomic mass is 9.80. The van der Waals surface area contributed by atoms with Crippen molar-refractivity contribution >= 4 is 23.2 Å². The molecule has 1 N–H and O–H groups in total. The number of aromatic nitrogens is 2. The maximum absolute atomic E-state index is 14.5. The maximum Gasteiger partial charge on any atom is 0.264 e. The summed E-state index contributed by atoms with van der Waals surface area (Å²) in [6, 6.07) is 8.32. The van der Waals surface area contributed by atoms with Gasteiger partial charge in [0.05, 0.1) is 6.20 Å². The van der Waals surface area contributed by atoms with Crippen molar-refractivity contribution in [3.05, 3.63) is 64.5 Å². The standard InChI is InChI=1S/C32H37F2N5O2/c1-19(40)36-26-8-6-21(7-9-26)23-11-24-17-38(20(2)41)18-29(24)31(13-23)39-10-4-5-22-12-27(25-15-35-37(3)16-25)28(32(33)34)14-30(22)39/h11-16,21,26,32H,4-10,17-18H2,1-3H3,(H,36,40). The summed E-state index contributed by atoms with van der Waals surface area (Å²) >= 11 is 0. The zero-order valence-electron chi connectivity index (χ0n) is 23.9. The number of halogens is 2. The van der Waals surface area contributed by atoms with Gasteiger partial charge in [0.2, 0.25) is 11.8 Å². The fraction of sp³-hybridized carbons (Fsp3) is 0.469. The van der Waals surface area contributed by atoms with Gasteiger partial charge in [0.15, 0.2) is 0 Å². The van der Waals surface area contributed by atoms with E-state index in [4.69, 9.17) is 0 Å². The third kappa shape index (κ3) is 5.34. The SMILES string of the molecule is CC(=O)NC1CCC(c2cc3c(c(N4CCCc5cc(-c6cnn(C)c6)c(C(F)F)cc54)c2)CN(C(C)=O)C3)CC1. The van der Waals surface area contributed by atoms with Crippen LogP contribution in [0.2, 0.25) is 0 Å². The number of carbonyl (C=O) groups excluding carboxylic acids is 2. The van der Waals surface area contributed by atoms with Gasteiger partial charge in [0.1, 0.15) is 0 Å². The fourth-order valence-corrected chi connectivity index (χ4v) is 6.96.